The van der Waals surface area contributed by atoms with Gasteiger partial charge in [0.1, 0.15) is 11.5 Å². The molecular formula is C16H20O2. The lowest BCUT2D eigenvalue weighted by Gasteiger charge is -1.99. The van der Waals surface area contributed by atoms with Crippen LogP contribution in [0.15, 0.2) is 36.4 Å². The first-order valence-electron chi connectivity index (χ1n) is 5.93. The first kappa shape index (κ1) is 14.1. The van der Waals surface area contributed by atoms with Crippen molar-refractivity contribution in [2.45, 2.75) is 27.7 Å². The van der Waals surface area contributed by atoms with Gasteiger partial charge in [-0.1, -0.05) is 29.8 Å². The van der Waals surface area contributed by atoms with Crippen molar-refractivity contribution in [3.63, 3.8) is 0 Å². The van der Waals surface area contributed by atoms with E-state index < -0.39 is 0 Å². The molecule has 0 aliphatic rings. The van der Waals surface area contributed by atoms with Crippen molar-refractivity contribution in [3.05, 3.63) is 58.7 Å². The molecule has 2 N–H and O–H groups in total. The second-order valence-corrected chi connectivity index (χ2v) is 4.51. The lowest BCUT2D eigenvalue weighted by atomic mass is 10.1. The van der Waals surface area contributed by atoms with Gasteiger partial charge in [-0.25, -0.2) is 0 Å². The number of aryl methyl sites for hydroxylation is 3. The topological polar surface area (TPSA) is 40.5 Å². The van der Waals surface area contributed by atoms with Gasteiger partial charge < -0.3 is 10.2 Å². The Balaban J connectivity index is 0.000000180. The molecule has 0 aromatic heterocycles. The first-order valence-corrected chi connectivity index (χ1v) is 5.93. The normalized spacial score (nSPS) is 9.56. The lowest BCUT2D eigenvalue weighted by molar-refractivity contribution is 0.470. The van der Waals surface area contributed by atoms with Gasteiger partial charge in [-0.3, -0.25) is 0 Å². The zero-order valence-corrected chi connectivity index (χ0v) is 11.4. The third kappa shape index (κ3) is 3.81. The highest BCUT2D eigenvalue weighted by Gasteiger charge is 1.94. The van der Waals surface area contributed by atoms with E-state index in [1.165, 1.54) is 5.56 Å². The summed E-state index contributed by atoms with van der Waals surface area (Å²) in [6, 6.07) is 11.1. The summed E-state index contributed by atoms with van der Waals surface area (Å²) in [6.07, 6.45) is 0. The van der Waals surface area contributed by atoms with E-state index in [4.69, 9.17) is 10.2 Å². The van der Waals surface area contributed by atoms with E-state index >= 15 is 0 Å². The van der Waals surface area contributed by atoms with Gasteiger partial charge in [0.25, 0.3) is 0 Å². The van der Waals surface area contributed by atoms with E-state index in [1.807, 2.05) is 52.0 Å². The Morgan fingerprint density at radius 3 is 1.83 bits per heavy atom. The monoisotopic (exact) mass is 244 g/mol. The van der Waals surface area contributed by atoms with Crippen LogP contribution in [-0.4, -0.2) is 10.2 Å². The van der Waals surface area contributed by atoms with Gasteiger partial charge in [-0.15, -0.1) is 0 Å². The molecule has 2 rings (SSSR count). The Hall–Kier alpha value is -1.96. The van der Waals surface area contributed by atoms with E-state index in [9.17, 15) is 0 Å². The highest BCUT2D eigenvalue weighted by atomic mass is 16.3. The summed E-state index contributed by atoms with van der Waals surface area (Å²) >= 11 is 0. The maximum atomic E-state index is 9.10. The highest BCUT2D eigenvalue weighted by molar-refractivity contribution is 5.36. The highest BCUT2D eigenvalue weighted by Crippen LogP contribution is 2.17. The van der Waals surface area contributed by atoms with Gasteiger partial charge in [0.15, 0.2) is 0 Å². The fraction of sp³-hybridized carbons (Fsp3) is 0.250. The third-order valence-electron chi connectivity index (χ3n) is 2.93. The van der Waals surface area contributed by atoms with Gasteiger partial charge in [-0.2, -0.15) is 0 Å². The fourth-order valence-corrected chi connectivity index (χ4v) is 1.54. The van der Waals surface area contributed by atoms with Crippen molar-refractivity contribution in [1.29, 1.82) is 0 Å². The van der Waals surface area contributed by atoms with Crippen LogP contribution in [0.25, 0.3) is 0 Å². The number of rotatable bonds is 0. The molecule has 0 bridgehead atoms. The minimum Gasteiger partial charge on any atom is -0.508 e. The summed E-state index contributed by atoms with van der Waals surface area (Å²) in [4.78, 5) is 0. The second kappa shape index (κ2) is 6.10. The van der Waals surface area contributed by atoms with Gasteiger partial charge in [0.2, 0.25) is 0 Å². The lowest BCUT2D eigenvalue weighted by Crippen LogP contribution is -1.78. The molecule has 0 atom stereocenters. The van der Waals surface area contributed by atoms with E-state index in [0.717, 1.165) is 16.7 Å². The average molecular weight is 244 g/mol. The van der Waals surface area contributed by atoms with Crippen molar-refractivity contribution in [3.8, 4) is 11.5 Å². The van der Waals surface area contributed by atoms with Crippen molar-refractivity contribution < 1.29 is 10.2 Å². The molecule has 96 valence electrons. The number of hydrogen-bond acceptors (Lipinski definition) is 2. The first-order chi connectivity index (χ1) is 8.41. The molecule has 2 aromatic rings. The molecule has 0 aliphatic heterocycles. The van der Waals surface area contributed by atoms with Crippen LogP contribution in [0.4, 0.5) is 0 Å². The number of phenols is 2. The Bertz CT molecular complexity index is 510. The quantitative estimate of drug-likeness (QED) is 0.735. The van der Waals surface area contributed by atoms with Crippen LogP contribution in [0, 0.1) is 27.7 Å². The summed E-state index contributed by atoms with van der Waals surface area (Å²) in [5, 5.41) is 18.1. The molecule has 0 saturated heterocycles. The van der Waals surface area contributed by atoms with Crippen molar-refractivity contribution >= 4 is 0 Å². The van der Waals surface area contributed by atoms with Gasteiger partial charge in [-0.05, 0) is 56.5 Å². The molecule has 0 saturated carbocycles. The van der Waals surface area contributed by atoms with E-state index in [2.05, 4.69) is 0 Å². The Morgan fingerprint density at radius 2 is 1.39 bits per heavy atom. The van der Waals surface area contributed by atoms with Crippen LogP contribution < -0.4 is 0 Å². The average Bonchev–Trinajstić information content (AvgIpc) is 2.32. The summed E-state index contributed by atoms with van der Waals surface area (Å²) in [5.74, 6) is 0.760. The standard InChI is InChI=1S/2C8H10O/c1-6-3-4-8(9)7(2)5-6;1-6-4-3-5-8(9)7(6)2/h2*3-5,9H,1-2H3. The summed E-state index contributed by atoms with van der Waals surface area (Å²) in [6.45, 7) is 7.79. The number of aromatic hydroxyl groups is 2. The minimum atomic E-state index is 0.376. The van der Waals surface area contributed by atoms with Crippen LogP contribution in [0.5, 0.6) is 11.5 Å². The number of phenolic OH excluding ortho intramolecular Hbond substituents is 2. The van der Waals surface area contributed by atoms with Crippen LogP contribution in [-0.2, 0) is 0 Å². The van der Waals surface area contributed by atoms with Gasteiger partial charge >= 0.3 is 0 Å². The molecule has 2 aromatic carbocycles. The molecule has 0 heterocycles. The summed E-state index contributed by atoms with van der Waals surface area (Å²) < 4.78 is 0. The van der Waals surface area contributed by atoms with E-state index in [0.29, 0.717) is 11.5 Å². The van der Waals surface area contributed by atoms with Crippen LogP contribution in [0.1, 0.15) is 22.3 Å². The molecule has 0 radical (unpaired) electrons. The smallest absolute Gasteiger partial charge is 0.118 e. The largest absolute Gasteiger partial charge is 0.508 e. The van der Waals surface area contributed by atoms with E-state index in [1.54, 1.807) is 12.1 Å². The maximum absolute atomic E-state index is 9.10. The van der Waals surface area contributed by atoms with Crippen LogP contribution in [0.3, 0.4) is 0 Å². The second-order valence-electron chi connectivity index (χ2n) is 4.51. The van der Waals surface area contributed by atoms with Gasteiger partial charge in [0.05, 0.1) is 0 Å². The SMILES string of the molecule is Cc1ccc(O)c(C)c1.Cc1cccc(O)c1C. The van der Waals surface area contributed by atoms with Crippen molar-refractivity contribution in [2.75, 3.05) is 0 Å². The Kier molecular flexibility index (Phi) is 4.78. The molecule has 0 fully saturated rings. The summed E-state index contributed by atoms with van der Waals surface area (Å²) in [7, 11) is 0. The zero-order chi connectivity index (χ0) is 13.7. The molecule has 0 unspecified atom stereocenters. The molecule has 18 heavy (non-hydrogen) atoms. The Morgan fingerprint density at radius 1 is 0.722 bits per heavy atom. The van der Waals surface area contributed by atoms with E-state index in [-0.39, 0.29) is 0 Å². The molecular weight excluding hydrogens is 224 g/mol. The minimum absolute atomic E-state index is 0.376. The van der Waals surface area contributed by atoms with Crippen LogP contribution >= 0.6 is 0 Å². The number of hydrogen-bond donors (Lipinski definition) is 2. The molecule has 0 spiro atoms. The molecule has 0 aliphatic carbocycles. The third-order valence-corrected chi connectivity index (χ3v) is 2.93. The molecule has 2 heteroatoms. The van der Waals surface area contributed by atoms with Crippen LogP contribution in [0.2, 0.25) is 0 Å². The zero-order valence-electron chi connectivity index (χ0n) is 11.4. The van der Waals surface area contributed by atoms with Crippen molar-refractivity contribution in [1.82, 2.24) is 0 Å². The molecule has 0 amide bonds. The Labute approximate surface area is 109 Å². The number of benzene rings is 2. The molecule has 2 nitrogen and oxygen atoms in total. The van der Waals surface area contributed by atoms with Gasteiger partial charge in [0, 0.05) is 0 Å². The maximum Gasteiger partial charge on any atom is 0.118 e. The predicted octanol–water partition coefficient (Wildman–Crippen LogP) is 4.02. The fourth-order valence-electron chi connectivity index (χ4n) is 1.54. The van der Waals surface area contributed by atoms with Crippen molar-refractivity contribution in [2.24, 2.45) is 0 Å². The predicted molar refractivity (Wildman–Crippen MR) is 75.2 cm³/mol. The summed E-state index contributed by atoms with van der Waals surface area (Å²) in [5.41, 5.74) is 4.23.